The van der Waals surface area contributed by atoms with Crippen molar-refractivity contribution in [2.24, 2.45) is 5.73 Å². The van der Waals surface area contributed by atoms with Crippen LogP contribution in [0.5, 0.6) is 0 Å². The van der Waals surface area contributed by atoms with E-state index in [0.717, 1.165) is 17.8 Å². The molecular formula is C9H24N2S2. The number of nitrogens with one attached hydrogen (secondary N) is 1. The molecule has 2 nitrogen and oxygen atoms in total. The predicted octanol–water partition coefficient (Wildman–Crippen LogP) is 2.90. The van der Waals surface area contributed by atoms with Crippen LogP contribution in [0.25, 0.3) is 0 Å². The van der Waals surface area contributed by atoms with Crippen LogP contribution in [0.4, 0.5) is 0 Å². The second kappa shape index (κ2) is 17.8. The number of rotatable bonds is 2. The largest absolute Gasteiger partial charge is 0.393 e. The highest BCUT2D eigenvalue weighted by Gasteiger charge is 1.78. The summed E-state index contributed by atoms with van der Waals surface area (Å²) in [5, 5.41) is 2.85. The molecular weight excluding hydrogens is 200 g/mol. The van der Waals surface area contributed by atoms with Gasteiger partial charge in [0, 0.05) is 7.05 Å². The molecule has 0 aromatic rings. The molecule has 0 radical (unpaired) electrons. The summed E-state index contributed by atoms with van der Waals surface area (Å²) in [5.74, 6) is 0. The average molecular weight is 224 g/mol. The minimum atomic E-state index is 0. The Kier molecular flexibility index (Phi) is 31.4. The molecule has 0 aliphatic heterocycles. The van der Waals surface area contributed by atoms with E-state index in [4.69, 9.17) is 18.0 Å². The molecule has 0 aromatic carbocycles. The molecule has 0 aliphatic rings. The van der Waals surface area contributed by atoms with Gasteiger partial charge >= 0.3 is 0 Å². The first-order valence-electron chi connectivity index (χ1n) is 3.57. The SMILES string of the molecule is C.C.CCC(=S)NC.CCC(N)=S. The van der Waals surface area contributed by atoms with Gasteiger partial charge in [0.25, 0.3) is 0 Å². The third kappa shape index (κ3) is 33.7. The first kappa shape index (κ1) is 23.0. The van der Waals surface area contributed by atoms with E-state index < -0.39 is 0 Å². The van der Waals surface area contributed by atoms with E-state index in [0.29, 0.717) is 4.99 Å². The zero-order valence-corrected chi connectivity index (χ0v) is 8.94. The minimum absolute atomic E-state index is 0. The molecule has 0 unspecified atom stereocenters. The van der Waals surface area contributed by atoms with E-state index in [-0.39, 0.29) is 14.9 Å². The summed E-state index contributed by atoms with van der Waals surface area (Å²) in [6, 6.07) is 0. The van der Waals surface area contributed by atoms with Gasteiger partial charge in [0.2, 0.25) is 0 Å². The van der Waals surface area contributed by atoms with Crippen LogP contribution < -0.4 is 11.1 Å². The first-order chi connectivity index (χ1) is 5.08. The summed E-state index contributed by atoms with van der Waals surface area (Å²) < 4.78 is 0. The summed E-state index contributed by atoms with van der Waals surface area (Å²) in [5.41, 5.74) is 5.02. The highest BCUT2D eigenvalue weighted by Crippen LogP contribution is 1.74. The van der Waals surface area contributed by atoms with E-state index in [1.807, 2.05) is 20.9 Å². The van der Waals surface area contributed by atoms with Crippen molar-refractivity contribution in [2.45, 2.75) is 41.5 Å². The molecule has 0 aliphatic carbocycles. The van der Waals surface area contributed by atoms with Crippen molar-refractivity contribution in [1.29, 1.82) is 0 Å². The lowest BCUT2D eigenvalue weighted by Crippen LogP contribution is -2.12. The van der Waals surface area contributed by atoms with Crippen molar-refractivity contribution in [3.8, 4) is 0 Å². The average Bonchev–Trinajstić information content (AvgIpc) is 2.04. The molecule has 0 rings (SSSR count). The third-order valence-corrected chi connectivity index (χ3v) is 1.73. The van der Waals surface area contributed by atoms with Gasteiger partial charge in [-0.15, -0.1) is 0 Å². The maximum Gasteiger partial charge on any atom is 0.0747 e. The Hall–Kier alpha value is -0.220. The fourth-order valence-corrected chi connectivity index (χ4v) is 0.177. The molecule has 0 aromatic heterocycles. The first-order valence-corrected chi connectivity index (χ1v) is 4.38. The summed E-state index contributed by atoms with van der Waals surface area (Å²) >= 11 is 9.22. The molecule has 3 N–H and O–H groups in total. The Bertz CT molecular complexity index is 119. The number of nitrogens with two attached hydrogens (primary N) is 1. The summed E-state index contributed by atoms with van der Waals surface area (Å²) in [6.07, 6.45) is 1.77. The zero-order valence-electron chi connectivity index (χ0n) is 7.31. The van der Waals surface area contributed by atoms with Crippen LogP contribution in [0, 0.1) is 0 Å². The molecule has 82 valence electrons. The monoisotopic (exact) mass is 224 g/mol. The molecule has 0 spiro atoms. The normalized spacial score (nSPS) is 6.38. The fourth-order valence-electron chi connectivity index (χ4n) is 0.177. The van der Waals surface area contributed by atoms with Crippen molar-refractivity contribution in [2.75, 3.05) is 7.05 Å². The molecule has 0 saturated carbocycles. The zero-order chi connectivity index (χ0) is 9.28. The standard InChI is InChI=1S/C4H9NS.C3H7NS.2CH4/c1-3-4(6)5-2;1-2-3(4)5;;/h3H2,1-2H3,(H,5,6);2H2,1H3,(H2,4,5);2*1H4. The van der Waals surface area contributed by atoms with Crippen molar-refractivity contribution < 1.29 is 0 Å². The van der Waals surface area contributed by atoms with Gasteiger partial charge in [-0.3, -0.25) is 0 Å². The van der Waals surface area contributed by atoms with Crippen molar-refractivity contribution in [1.82, 2.24) is 5.32 Å². The molecule has 4 heteroatoms. The van der Waals surface area contributed by atoms with Crippen molar-refractivity contribution in [3.63, 3.8) is 0 Å². The van der Waals surface area contributed by atoms with E-state index in [2.05, 4.69) is 17.5 Å². The van der Waals surface area contributed by atoms with Crippen LogP contribution in [0.3, 0.4) is 0 Å². The van der Waals surface area contributed by atoms with E-state index in [9.17, 15) is 0 Å². The Labute approximate surface area is 94.3 Å². The van der Waals surface area contributed by atoms with Crippen LogP contribution in [-0.4, -0.2) is 17.0 Å². The van der Waals surface area contributed by atoms with Gasteiger partial charge < -0.3 is 11.1 Å². The maximum absolute atomic E-state index is 5.02. The molecule has 0 saturated heterocycles. The van der Waals surface area contributed by atoms with Gasteiger partial charge in [-0.2, -0.15) is 0 Å². The summed E-state index contributed by atoms with van der Waals surface area (Å²) in [6.45, 7) is 3.96. The van der Waals surface area contributed by atoms with Gasteiger partial charge in [0.1, 0.15) is 0 Å². The van der Waals surface area contributed by atoms with Crippen LogP contribution in [0.15, 0.2) is 0 Å². The van der Waals surface area contributed by atoms with Crippen LogP contribution in [0.2, 0.25) is 0 Å². The summed E-state index contributed by atoms with van der Waals surface area (Å²) in [7, 11) is 1.84. The second-order valence-corrected chi connectivity index (χ2v) is 2.86. The lowest BCUT2D eigenvalue weighted by atomic mass is 10.5. The second-order valence-electron chi connectivity index (χ2n) is 1.85. The van der Waals surface area contributed by atoms with E-state index in [1.54, 1.807) is 0 Å². The Balaban J connectivity index is -0.0000000546. The van der Waals surface area contributed by atoms with Gasteiger partial charge in [-0.25, -0.2) is 0 Å². The molecule has 0 bridgehead atoms. The topological polar surface area (TPSA) is 38.0 Å². The molecule has 13 heavy (non-hydrogen) atoms. The molecule has 0 fully saturated rings. The Morgan fingerprint density at radius 2 is 1.46 bits per heavy atom. The highest BCUT2D eigenvalue weighted by atomic mass is 32.1. The van der Waals surface area contributed by atoms with Gasteiger partial charge in [0.15, 0.2) is 0 Å². The molecule has 0 heterocycles. The highest BCUT2D eigenvalue weighted by molar-refractivity contribution is 7.80. The van der Waals surface area contributed by atoms with Crippen LogP contribution in [0.1, 0.15) is 41.5 Å². The molecule has 0 atom stereocenters. The summed E-state index contributed by atoms with van der Waals surface area (Å²) in [4.78, 5) is 1.51. The van der Waals surface area contributed by atoms with Crippen LogP contribution >= 0.6 is 24.4 Å². The number of thiocarbonyl (C=S) groups is 2. The van der Waals surface area contributed by atoms with Crippen molar-refractivity contribution >= 4 is 34.4 Å². The van der Waals surface area contributed by atoms with Crippen molar-refractivity contribution in [3.05, 3.63) is 0 Å². The van der Waals surface area contributed by atoms with Gasteiger partial charge in [-0.1, -0.05) is 53.1 Å². The fraction of sp³-hybridized carbons (Fsp3) is 0.778. The lowest BCUT2D eigenvalue weighted by molar-refractivity contribution is 1.12. The Morgan fingerprint density at radius 1 is 1.15 bits per heavy atom. The van der Waals surface area contributed by atoms with E-state index in [1.165, 1.54) is 0 Å². The van der Waals surface area contributed by atoms with E-state index >= 15 is 0 Å². The van der Waals surface area contributed by atoms with Gasteiger partial charge in [-0.05, 0) is 12.8 Å². The smallest absolute Gasteiger partial charge is 0.0747 e. The molecule has 0 amide bonds. The maximum atomic E-state index is 5.02. The quantitative estimate of drug-likeness (QED) is 0.707. The minimum Gasteiger partial charge on any atom is -0.393 e. The van der Waals surface area contributed by atoms with Gasteiger partial charge in [0.05, 0.1) is 9.98 Å². The number of hydrogen-bond donors (Lipinski definition) is 2. The lowest BCUT2D eigenvalue weighted by Gasteiger charge is -1.91. The third-order valence-electron chi connectivity index (χ3n) is 0.948. The van der Waals surface area contributed by atoms with Crippen LogP contribution in [-0.2, 0) is 0 Å². The predicted molar refractivity (Wildman–Crippen MR) is 72.5 cm³/mol. The Morgan fingerprint density at radius 3 is 1.46 bits per heavy atom. The number of hydrogen-bond acceptors (Lipinski definition) is 2.